The number of amides is 1. The molecular formula is C22H27N5O. The Bertz CT molecular complexity index is 845. The molecule has 146 valence electrons. The number of likely N-dealkylation sites (tertiary alicyclic amines) is 1. The van der Waals surface area contributed by atoms with E-state index in [1.165, 1.54) is 24.8 Å². The molecule has 2 aliphatic heterocycles. The van der Waals surface area contributed by atoms with Gasteiger partial charge in [0.2, 0.25) is 5.95 Å². The third-order valence-electron chi connectivity index (χ3n) is 5.48. The van der Waals surface area contributed by atoms with Crippen LogP contribution in [0.3, 0.4) is 0 Å². The van der Waals surface area contributed by atoms with Gasteiger partial charge in [-0.15, -0.1) is 0 Å². The van der Waals surface area contributed by atoms with E-state index in [4.69, 9.17) is 0 Å². The summed E-state index contributed by atoms with van der Waals surface area (Å²) in [6.07, 6.45) is 10.9. The van der Waals surface area contributed by atoms with Gasteiger partial charge in [0.15, 0.2) is 0 Å². The number of nitrogens with zero attached hydrogens (tertiary/aromatic N) is 5. The number of hydrogen-bond donors (Lipinski definition) is 0. The van der Waals surface area contributed by atoms with E-state index in [0.717, 1.165) is 56.4 Å². The predicted octanol–water partition coefficient (Wildman–Crippen LogP) is 3.49. The van der Waals surface area contributed by atoms with Crippen LogP contribution in [-0.4, -0.2) is 51.9 Å². The zero-order valence-corrected chi connectivity index (χ0v) is 16.5. The van der Waals surface area contributed by atoms with Crippen LogP contribution in [0.1, 0.15) is 53.8 Å². The van der Waals surface area contributed by atoms with Crippen molar-refractivity contribution in [3.05, 3.63) is 53.1 Å². The standard InChI is InChI=1S/C22H27N5O/c1-17-6-5-7-20(25-17)14-18-8-12-26(13-9-18)21(28)19-15-23-22(24-16-19)27-10-3-2-4-11-27/h5-7,14-16H,2-4,8-13H2,1H3. The van der Waals surface area contributed by atoms with Crippen molar-refractivity contribution < 1.29 is 4.79 Å². The average Bonchev–Trinajstić information content (AvgIpc) is 2.75. The summed E-state index contributed by atoms with van der Waals surface area (Å²) in [5.74, 6) is 0.767. The fraction of sp³-hybridized carbons (Fsp3) is 0.455. The zero-order chi connectivity index (χ0) is 19.3. The van der Waals surface area contributed by atoms with Gasteiger partial charge in [0.25, 0.3) is 5.91 Å². The van der Waals surface area contributed by atoms with Gasteiger partial charge in [-0.2, -0.15) is 0 Å². The lowest BCUT2D eigenvalue weighted by Gasteiger charge is -2.29. The number of aryl methyl sites for hydroxylation is 1. The number of anilines is 1. The second-order valence-electron chi connectivity index (χ2n) is 7.62. The van der Waals surface area contributed by atoms with Gasteiger partial charge < -0.3 is 9.80 Å². The first kappa shape index (κ1) is 18.6. The Morgan fingerprint density at radius 2 is 1.71 bits per heavy atom. The minimum Gasteiger partial charge on any atom is -0.341 e. The van der Waals surface area contributed by atoms with Gasteiger partial charge in [-0.1, -0.05) is 11.6 Å². The molecule has 6 nitrogen and oxygen atoms in total. The Hall–Kier alpha value is -2.76. The Morgan fingerprint density at radius 3 is 2.39 bits per heavy atom. The molecule has 1 amide bonds. The van der Waals surface area contributed by atoms with E-state index in [1.807, 2.05) is 30.0 Å². The van der Waals surface area contributed by atoms with E-state index in [9.17, 15) is 4.79 Å². The van der Waals surface area contributed by atoms with Crippen molar-refractivity contribution >= 4 is 17.9 Å². The molecule has 0 N–H and O–H groups in total. The summed E-state index contributed by atoms with van der Waals surface area (Å²) in [5, 5.41) is 0. The van der Waals surface area contributed by atoms with Gasteiger partial charge in [0.05, 0.1) is 11.3 Å². The molecule has 0 saturated carbocycles. The van der Waals surface area contributed by atoms with Crippen molar-refractivity contribution in [2.75, 3.05) is 31.1 Å². The van der Waals surface area contributed by atoms with Crippen molar-refractivity contribution in [3.8, 4) is 0 Å². The SMILES string of the molecule is Cc1cccc(C=C2CCN(C(=O)c3cnc(N4CCCCC4)nc3)CC2)n1. The molecule has 4 heterocycles. The summed E-state index contributed by atoms with van der Waals surface area (Å²) in [6, 6.07) is 6.06. The maximum Gasteiger partial charge on any atom is 0.257 e. The third-order valence-corrected chi connectivity index (χ3v) is 5.48. The summed E-state index contributed by atoms with van der Waals surface area (Å²) < 4.78 is 0. The molecule has 2 aliphatic rings. The van der Waals surface area contributed by atoms with E-state index in [0.29, 0.717) is 5.56 Å². The molecule has 0 radical (unpaired) electrons. The Kier molecular flexibility index (Phi) is 5.65. The molecule has 4 rings (SSSR count). The van der Waals surface area contributed by atoms with E-state index >= 15 is 0 Å². The maximum atomic E-state index is 12.8. The smallest absolute Gasteiger partial charge is 0.257 e. The minimum absolute atomic E-state index is 0.0259. The number of carbonyl (C=O) groups is 1. The Morgan fingerprint density at radius 1 is 1.00 bits per heavy atom. The first-order chi connectivity index (χ1) is 13.7. The molecular weight excluding hydrogens is 350 g/mol. The average molecular weight is 377 g/mol. The number of rotatable bonds is 3. The lowest BCUT2D eigenvalue weighted by atomic mass is 10.0. The zero-order valence-electron chi connectivity index (χ0n) is 16.5. The molecule has 0 spiro atoms. The minimum atomic E-state index is 0.0259. The molecule has 0 aliphatic carbocycles. The molecule has 0 unspecified atom stereocenters. The van der Waals surface area contributed by atoms with Crippen LogP contribution in [0, 0.1) is 6.92 Å². The monoisotopic (exact) mass is 377 g/mol. The number of piperidine rings is 2. The summed E-state index contributed by atoms with van der Waals surface area (Å²) in [5.41, 5.74) is 3.94. The summed E-state index contributed by atoms with van der Waals surface area (Å²) in [4.78, 5) is 30.3. The van der Waals surface area contributed by atoms with Crippen LogP contribution in [0.2, 0.25) is 0 Å². The molecule has 28 heavy (non-hydrogen) atoms. The lowest BCUT2D eigenvalue weighted by molar-refractivity contribution is 0.0743. The van der Waals surface area contributed by atoms with Crippen LogP contribution in [-0.2, 0) is 0 Å². The second-order valence-corrected chi connectivity index (χ2v) is 7.62. The van der Waals surface area contributed by atoms with Crippen LogP contribution in [0.4, 0.5) is 5.95 Å². The van der Waals surface area contributed by atoms with Crippen molar-refractivity contribution in [1.29, 1.82) is 0 Å². The fourth-order valence-corrected chi connectivity index (χ4v) is 3.87. The highest BCUT2D eigenvalue weighted by Crippen LogP contribution is 2.21. The predicted molar refractivity (Wildman–Crippen MR) is 110 cm³/mol. The Balaban J connectivity index is 1.36. The van der Waals surface area contributed by atoms with Gasteiger partial charge in [-0.05, 0) is 57.2 Å². The molecule has 2 aromatic heterocycles. The number of pyridine rings is 1. The fourth-order valence-electron chi connectivity index (χ4n) is 3.87. The Labute approximate surface area is 166 Å². The largest absolute Gasteiger partial charge is 0.341 e. The maximum absolute atomic E-state index is 12.8. The van der Waals surface area contributed by atoms with Gasteiger partial charge in [0.1, 0.15) is 0 Å². The van der Waals surface area contributed by atoms with Gasteiger partial charge >= 0.3 is 0 Å². The normalized spacial score (nSPS) is 17.5. The van der Waals surface area contributed by atoms with Crippen LogP contribution < -0.4 is 4.90 Å². The molecule has 2 fully saturated rings. The number of hydrogen-bond acceptors (Lipinski definition) is 5. The van der Waals surface area contributed by atoms with Gasteiger partial charge in [-0.25, -0.2) is 9.97 Å². The highest BCUT2D eigenvalue weighted by molar-refractivity contribution is 5.93. The summed E-state index contributed by atoms with van der Waals surface area (Å²) >= 11 is 0. The first-order valence-corrected chi connectivity index (χ1v) is 10.2. The highest BCUT2D eigenvalue weighted by Gasteiger charge is 2.22. The van der Waals surface area contributed by atoms with Crippen molar-refractivity contribution in [2.45, 2.75) is 39.0 Å². The second kappa shape index (κ2) is 8.50. The van der Waals surface area contributed by atoms with E-state index < -0.39 is 0 Å². The molecule has 0 aromatic carbocycles. The van der Waals surface area contributed by atoms with Crippen LogP contribution in [0.15, 0.2) is 36.2 Å². The molecule has 0 bridgehead atoms. The molecule has 6 heteroatoms. The van der Waals surface area contributed by atoms with E-state index in [1.54, 1.807) is 12.4 Å². The first-order valence-electron chi connectivity index (χ1n) is 10.2. The highest BCUT2D eigenvalue weighted by atomic mass is 16.2. The molecule has 0 atom stereocenters. The van der Waals surface area contributed by atoms with Crippen molar-refractivity contribution in [1.82, 2.24) is 19.9 Å². The van der Waals surface area contributed by atoms with Crippen LogP contribution in [0.5, 0.6) is 0 Å². The van der Waals surface area contributed by atoms with Gasteiger partial charge in [-0.3, -0.25) is 9.78 Å². The van der Waals surface area contributed by atoms with E-state index in [2.05, 4.69) is 25.9 Å². The van der Waals surface area contributed by atoms with Crippen LogP contribution in [0.25, 0.3) is 6.08 Å². The summed E-state index contributed by atoms with van der Waals surface area (Å²) in [6.45, 7) is 5.46. The summed E-state index contributed by atoms with van der Waals surface area (Å²) in [7, 11) is 0. The number of aromatic nitrogens is 3. The third kappa shape index (κ3) is 4.38. The van der Waals surface area contributed by atoms with Crippen molar-refractivity contribution in [2.24, 2.45) is 0 Å². The molecule has 2 saturated heterocycles. The quantitative estimate of drug-likeness (QED) is 0.819. The number of carbonyl (C=O) groups excluding carboxylic acids is 1. The van der Waals surface area contributed by atoms with Crippen LogP contribution >= 0.6 is 0 Å². The van der Waals surface area contributed by atoms with Gasteiger partial charge in [0, 0.05) is 44.3 Å². The van der Waals surface area contributed by atoms with E-state index in [-0.39, 0.29) is 5.91 Å². The molecule has 2 aromatic rings. The van der Waals surface area contributed by atoms with Crippen molar-refractivity contribution in [3.63, 3.8) is 0 Å². The lowest BCUT2D eigenvalue weighted by Crippen LogP contribution is -2.36. The topological polar surface area (TPSA) is 62.2 Å².